The number of benzene rings is 2. The van der Waals surface area contributed by atoms with Crippen LogP contribution in [-0.4, -0.2) is 24.2 Å². The number of amides is 1. The van der Waals surface area contributed by atoms with Gasteiger partial charge in [0.1, 0.15) is 11.8 Å². The van der Waals surface area contributed by atoms with E-state index in [1.54, 1.807) is 6.07 Å². The number of fused-ring (bicyclic) bond motifs is 3. The van der Waals surface area contributed by atoms with Gasteiger partial charge in [0.15, 0.2) is 0 Å². The van der Waals surface area contributed by atoms with Crippen LogP contribution in [0.3, 0.4) is 0 Å². The molecule has 3 N–H and O–H groups in total. The molecule has 0 bridgehead atoms. The molecule has 0 saturated carbocycles. The third-order valence-electron chi connectivity index (χ3n) is 5.01. The molecule has 1 amide bonds. The summed E-state index contributed by atoms with van der Waals surface area (Å²) in [4.78, 5) is 16.1. The molecular formula is C24H20ClN3O2. The molecule has 1 aliphatic rings. The Morgan fingerprint density at radius 1 is 1.10 bits per heavy atom. The summed E-state index contributed by atoms with van der Waals surface area (Å²) in [5, 5.41) is 3.00. The summed E-state index contributed by atoms with van der Waals surface area (Å²) in [6, 6.07) is 18.1. The molecule has 3 aromatic rings. The highest BCUT2D eigenvalue weighted by Crippen LogP contribution is 2.44. The van der Waals surface area contributed by atoms with E-state index >= 15 is 0 Å². The van der Waals surface area contributed by atoms with Gasteiger partial charge in [-0.2, -0.15) is 0 Å². The number of carbonyl (C=O) groups excluding carboxylic acids is 1. The normalized spacial score (nSPS) is 11.8. The Morgan fingerprint density at radius 2 is 1.77 bits per heavy atom. The zero-order chi connectivity index (χ0) is 20.9. The number of hydrogen-bond donors (Lipinski definition) is 2. The van der Waals surface area contributed by atoms with E-state index in [0.717, 1.165) is 0 Å². The van der Waals surface area contributed by atoms with Gasteiger partial charge in [-0.05, 0) is 28.3 Å². The largest absolute Gasteiger partial charge is 0.449 e. The van der Waals surface area contributed by atoms with E-state index in [-0.39, 0.29) is 17.7 Å². The van der Waals surface area contributed by atoms with Gasteiger partial charge in [-0.25, -0.2) is 9.78 Å². The number of rotatable bonds is 4. The third kappa shape index (κ3) is 4.10. The fourth-order valence-corrected chi connectivity index (χ4v) is 3.81. The van der Waals surface area contributed by atoms with Gasteiger partial charge in [0.05, 0.1) is 11.3 Å². The van der Waals surface area contributed by atoms with Crippen molar-refractivity contribution in [2.75, 3.05) is 18.9 Å². The lowest BCUT2D eigenvalue weighted by molar-refractivity contribution is 0.143. The molecule has 0 saturated heterocycles. The van der Waals surface area contributed by atoms with Crippen LogP contribution in [0.2, 0.25) is 5.15 Å². The molecular weight excluding hydrogens is 398 g/mol. The van der Waals surface area contributed by atoms with Crippen LogP contribution < -0.4 is 11.1 Å². The van der Waals surface area contributed by atoms with Crippen LogP contribution in [0.5, 0.6) is 0 Å². The average molecular weight is 418 g/mol. The van der Waals surface area contributed by atoms with E-state index in [4.69, 9.17) is 22.1 Å². The highest BCUT2D eigenvalue weighted by molar-refractivity contribution is 6.30. The van der Waals surface area contributed by atoms with Gasteiger partial charge >= 0.3 is 6.09 Å². The SMILES string of the molecule is Nc1ccnc(Cl)c1C#CCCNC(=O)OCC1c2ccccc2-c2ccccc21. The van der Waals surface area contributed by atoms with E-state index < -0.39 is 6.09 Å². The van der Waals surface area contributed by atoms with Crippen molar-refractivity contribution in [2.24, 2.45) is 0 Å². The van der Waals surface area contributed by atoms with E-state index in [2.05, 4.69) is 46.4 Å². The third-order valence-corrected chi connectivity index (χ3v) is 5.30. The number of pyridine rings is 1. The Hall–Kier alpha value is -3.49. The molecule has 5 nitrogen and oxygen atoms in total. The molecule has 2 aromatic carbocycles. The molecule has 4 rings (SSSR count). The minimum absolute atomic E-state index is 0.0404. The summed E-state index contributed by atoms with van der Waals surface area (Å²) in [6.07, 6.45) is 1.51. The molecule has 6 heteroatoms. The Morgan fingerprint density at radius 3 is 2.43 bits per heavy atom. The van der Waals surface area contributed by atoms with Crippen LogP contribution in [0.4, 0.5) is 10.5 Å². The Labute approximate surface area is 180 Å². The van der Waals surface area contributed by atoms with Gasteiger partial charge in [-0.3, -0.25) is 0 Å². The molecule has 0 radical (unpaired) electrons. The lowest BCUT2D eigenvalue weighted by atomic mass is 9.98. The number of nitrogen functional groups attached to an aromatic ring is 1. The molecule has 0 fully saturated rings. The number of anilines is 1. The lowest BCUT2D eigenvalue weighted by Crippen LogP contribution is -2.26. The molecule has 30 heavy (non-hydrogen) atoms. The second-order valence-corrected chi connectivity index (χ2v) is 7.23. The average Bonchev–Trinajstić information content (AvgIpc) is 3.08. The van der Waals surface area contributed by atoms with Gasteiger partial charge in [0, 0.05) is 25.1 Å². The van der Waals surface area contributed by atoms with Gasteiger partial charge in [0.2, 0.25) is 0 Å². The minimum Gasteiger partial charge on any atom is -0.449 e. The maximum atomic E-state index is 12.1. The number of halogens is 1. The molecule has 1 aromatic heterocycles. The zero-order valence-corrected chi connectivity index (χ0v) is 16.9. The van der Waals surface area contributed by atoms with Gasteiger partial charge in [-0.15, -0.1) is 0 Å². The predicted octanol–water partition coefficient (Wildman–Crippen LogP) is 4.60. The number of nitrogens with zero attached hydrogens (tertiary/aromatic N) is 1. The number of carbonyl (C=O) groups is 1. The fourth-order valence-electron chi connectivity index (χ4n) is 3.60. The highest BCUT2D eigenvalue weighted by Gasteiger charge is 2.28. The molecule has 0 spiro atoms. The van der Waals surface area contributed by atoms with Crippen molar-refractivity contribution in [3.63, 3.8) is 0 Å². The number of ether oxygens (including phenoxy) is 1. The van der Waals surface area contributed by atoms with Crippen LogP contribution in [0, 0.1) is 11.8 Å². The topological polar surface area (TPSA) is 77.2 Å². The summed E-state index contributed by atoms with van der Waals surface area (Å²) in [5.41, 5.74) is 11.6. The van der Waals surface area contributed by atoms with E-state index in [1.165, 1.54) is 28.5 Å². The summed E-state index contributed by atoms with van der Waals surface area (Å²) in [7, 11) is 0. The van der Waals surface area contributed by atoms with Gasteiger partial charge in [-0.1, -0.05) is 72.0 Å². The molecule has 150 valence electrons. The second-order valence-electron chi connectivity index (χ2n) is 6.87. The Bertz CT molecular complexity index is 1080. The highest BCUT2D eigenvalue weighted by atomic mass is 35.5. The molecule has 0 atom stereocenters. The fraction of sp³-hybridized carbons (Fsp3) is 0.167. The Kier molecular flexibility index (Phi) is 5.87. The van der Waals surface area contributed by atoms with Crippen molar-refractivity contribution in [1.29, 1.82) is 0 Å². The molecule has 1 heterocycles. The van der Waals surface area contributed by atoms with Gasteiger partial charge < -0.3 is 15.8 Å². The number of aromatic nitrogens is 1. The van der Waals surface area contributed by atoms with Crippen LogP contribution in [-0.2, 0) is 4.74 Å². The summed E-state index contributed by atoms with van der Waals surface area (Å²) in [6.45, 7) is 0.648. The molecule has 0 unspecified atom stereocenters. The van der Waals surface area contributed by atoms with Crippen LogP contribution >= 0.6 is 11.6 Å². The monoisotopic (exact) mass is 417 g/mol. The first kappa shape index (κ1) is 19.8. The first-order valence-corrected chi connectivity index (χ1v) is 10.0. The van der Waals surface area contributed by atoms with Crippen LogP contribution in [0.15, 0.2) is 60.8 Å². The first-order chi connectivity index (χ1) is 14.6. The summed E-state index contributed by atoms with van der Waals surface area (Å²) < 4.78 is 5.49. The number of nitrogens with two attached hydrogens (primary N) is 1. The van der Waals surface area contributed by atoms with Crippen molar-refractivity contribution < 1.29 is 9.53 Å². The smallest absolute Gasteiger partial charge is 0.407 e. The van der Waals surface area contributed by atoms with Crippen molar-refractivity contribution in [1.82, 2.24) is 10.3 Å². The number of nitrogens with one attached hydrogen (secondary N) is 1. The van der Waals surface area contributed by atoms with Crippen LogP contribution in [0.25, 0.3) is 11.1 Å². The lowest BCUT2D eigenvalue weighted by Gasteiger charge is -2.14. The Balaban J connectivity index is 1.31. The van der Waals surface area contributed by atoms with Crippen molar-refractivity contribution in [3.05, 3.63) is 82.6 Å². The second kappa shape index (κ2) is 8.89. The standard InChI is InChI=1S/C24H20ClN3O2/c25-23-20(22(26)12-14-27-23)11-5-6-13-28-24(29)30-15-21-18-9-3-1-7-16(18)17-8-2-4-10-19(17)21/h1-4,7-10,12,14,21H,6,13,15H2,(H2,26,27)(H,28,29). The van der Waals surface area contributed by atoms with Crippen molar-refractivity contribution in [3.8, 4) is 23.0 Å². The van der Waals surface area contributed by atoms with E-state index in [1.807, 2.05) is 24.3 Å². The minimum atomic E-state index is -0.461. The maximum absolute atomic E-state index is 12.1. The number of alkyl carbamates (subject to hydrolysis) is 1. The van der Waals surface area contributed by atoms with Gasteiger partial charge in [0.25, 0.3) is 0 Å². The van der Waals surface area contributed by atoms with E-state index in [0.29, 0.717) is 24.2 Å². The van der Waals surface area contributed by atoms with Crippen molar-refractivity contribution >= 4 is 23.4 Å². The number of hydrogen-bond acceptors (Lipinski definition) is 4. The van der Waals surface area contributed by atoms with Crippen molar-refractivity contribution in [2.45, 2.75) is 12.3 Å². The maximum Gasteiger partial charge on any atom is 0.407 e. The molecule has 0 aliphatic heterocycles. The van der Waals surface area contributed by atoms with E-state index in [9.17, 15) is 4.79 Å². The predicted molar refractivity (Wildman–Crippen MR) is 118 cm³/mol. The summed E-state index contributed by atoms with van der Waals surface area (Å²) in [5.74, 6) is 5.87. The quantitative estimate of drug-likeness (QED) is 0.369. The molecule has 1 aliphatic carbocycles. The first-order valence-electron chi connectivity index (χ1n) is 9.63. The summed E-state index contributed by atoms with van der Waals surface area (Å²) >= 11 is 5.98. The zero-order valence-electron chi connectivity index (χ0n) is 16.2. The van der Waals surface area contributed by atoms with Crippen LogP contribution in [0.1, 0.15) is 29.0 Å².